The van der Waals surface area contributed by atoms with Crippen LogP contribution in [0.5, 0.6) is 0 Å². The smallest absolute Gasteiger partial charge is 0.148 e. The van der Waals surface area contributed by atoms with Gasteiger partial charge < -0.3 is 18.6 Å². The van der Waals surface area contributed by atoms with Crippen LogP contribution in [0.25, 0.3) is 0 Å². The highest BCUT2D eigenvalue weighted by Crippen LogP contribution is 2.32. The van der Waals surface area contributed by atoms with E-state index in [0.29, 0.717) is 19.8 Å². The van der Waals surface area contributed by atoms with E-state index in [1.165, 1.54) is 0 Å². The summed E-state index contributed by atoms with van der Waals surface area (Å²) in [5.41, 5.74) is 2.26. The Morgan fingerprint density at radius 1 is 0.786 bits per heavy atom. The lowest BCUT2D eigenvalue weighted by Crippen LogP contribution is -2.40. The van der Waals surface area contributed by atoms with Crippen LogP contribution in [0.4, 0.5) is 0 Å². The monoisotopic (exact) mass is 376 g/mol. The van der Waals surface area contributed by atoms with Gasteiger partial charge in [-0.1, -0.05) is 60.7 Å². The number of hydrogen-bond donors (Lipinski definition) is 0. The SMILES string of the molecule is C1=C[C@H](c2ccco2)[C@H](OCc2ccccc2)[C@@H](COCc2ccccc2)O1. The quantitative estimate of drug-likeness (QED) is 0.550. The first-order valence-electron chi connectivity index (χ1n) is 9.53. The van der Waals surface area contributed by atoms with Crippen LogP contribution in [0.2, 0.25) is 0 Å². The molecule has 0 fully saturated rings. The Morgan fingerprint density at radius 3 is 2.18 bits per heavy atom. The lowest BCUT2D eigenvalue weighted by Gasteiger charge is -2.33. The van der Waals surface area contributed by atoms with Gasteiger partial charge in [-0.25, -0.2) is 0 Å². The Balaban J connectivity index is 1.44. The summed E-state index contributed by atoms with van der Waals surface area (Å²) in [6.07, 6.45) is 4.99. The average Bonchev–Trinajstić information content (AvgIpc) is 3.29. The maximum Gasteiger partial charge on any atom is 0.148 e. The second-order valence-corrected chi connectivity index (χ2v) is 6.81. The van der Waals surface area contributed by atoms with E-state index >= 15 is 0 Å². The van der Waals surface area contributed by atoms with E-state index in [1.54, 1.807) is 12.5 Å². The molecular weight excluding hydrogens is 352 g/mol. The van der Waals surface area contributed by atoms with Crippen molar-refractivity contribution in [2.45, 2.75) is 31.3 Å². The van der Waals surface area contributed by atoms with Crippen molar-refractivity contribution in [3.63, 3.8) is 0 Å². The molecule has 3 atom stereocenters. The van der Waals surface area contributed by atoms with Crippen LogP contribution >= 0.6 is 0 Å². The third-order valence-corrected chi connectivity index (χ3v) is 4.81. The van der Waals surface area contributed by atoms with Gasteiger partial charge in [-0.05, 0) is 29.3 Å². The predicted molar refractivity (Wildman–Crippen MR) is 107 cm³/mol. The Bertz CT molecular complexity index is 843. The van der Waals surface area contributed by atoms with Gasteiger partial charge in [-0.2, -0.15) is 0 Å². The van der Waals surface area contributed by atoms with Crippen LogP contribution in [0.3, 0.4) is 0 Å². The largest absolute Gasteiger partial charge is 0.493 e. The van der Waals surface area contributed by atoms with Crippen LogP contribution in [0, 0.1) is 0 Å². The minimum Gasteiger partial charge on any atom is -0.493 e. The molecule has 3 aromatic rings. The first kappa shape index (κ1) is 18.5. The molecule has 4 nitrogen and oxygen atoms in total. The molecule has 0 unspecified atom stereocenters. The maximum absolute atomic E-state index is 6.30. The van der Waals surface area contributed by atoms with Gasteiger partial charge >= 0.3 is 0 Å². The second kappa shape index (κ2) is 9.40. The van der Waals surface area contributed by atoms with E-state index in [2.05, 4.69) is 24.3 Å². The molecule has 0 radical (unpaired) electrons. The summed E-state index contributed by atoms with van der Waals surface area (Å²) >= 11 is 0. The van der Waals surface area contributed by atoms with Gasteiger partial charge in [0.25, 0.3) is 0 Å². The summed E-state index contributed by atoms with van der Waals surface area (Å²) in [5.74, 6) is 0.850. The lowest BCUT2D eigenvalue weighted by atomic mass is 9.93. The highest BCUT2D eigenvalue weighted by Gasteiger charge is 2.35. The molecule has 1 aliphatic rings. The first-order chi connectivity index (χ1) is 13.9. The Hall–Kier alpha value is -2.82. The molecular formula is C24H24O4. The Labute approximate surface area is 165 Å². The van der Waals surface area contributed by atoms with Crippen LogP contribution in [0.15, 0.2) is 95.8 Å². The Kier molecular flexibility index (Phi) is 6.22. The molecule has 0 spiro atoms. The number of hydrogen-bond acceptors (Lipinski definition) is 4. The zero-order valence-corrected chi connectivity index (χ0v) is 15.6. The molecule has 4 rings (SSSR count). The van der Waals surface area contributed by atoms with Gasteiger partial charge in [0.2, 0.25) is 0 Å². The van der Waals surface area contributed by atoms with Crippen LogP contribution in [-0.4, -0.2) is 18.8 Å². The van der Waals surface area contributed by atoms with E-state index in [0.717, 1.165) is 16.9 Å². The lowest BCUT2D eigenvalue weighted by molar-refractivity contribution is -0.101. The number of ether oxygens (including phenoxy) is 3. The minimum absolute atomic E-state index is 0.0159. The molecule has 0 bridgehead atoms. The Morgan fingerprint density at radius 2 is 1.50 bits per heavy atom. The van der Waals surface area contributed by atoms with Crippen molar-refractivity contribution in [3.8, 4) is 0 Å². The fourth-order valence-electron chi connectivity index (χ4n) is 3.37. The predicted octanol–water partition coefficient (Wildman–Crippen LogP) is 5.08. The van der Waals surface area contributed by atoms with Gasteiger partial charge in [0, 0.05) is 0 Å². The van der Waals surface area contributed by atoms with Crippen molar-refractivity contribution >= 4 is 0 Å². The molecule has 28 heavy (non-hydrogen) atoms. The third-order valence-electron chi connectivity index (χ3n) is 4.81. The fourth-order valence-corrected chi connectivity index (χ4v) is 3.37. The van der Waals surface area contributed by atoms with Gasteiger partial charge in [-0.3, -0.25) is 0 Å². The van der Waals surface area contributed by atoms with E-state index in [4.69, 9.17) is 18.6 Å². The molecule has 1 aromatic heterocycles. The van der Waals surface area contributed by atoms with Crippen molar-refractivity contribution in [1.29, 1.82) is 0 Å². The third kappa shape index (κ3) is 4.71. The normalized spacial score (nSPS) is 21.4. The molecule has 0 amide bonds. The van der Waals surface area contributed by atoms with Crippen molar-refractivity contribution in [2.75, 3.05) is 6.61 Å². The summed E-state index contributed by atoms with van der Waals surface area (Å²) in [6.45, 7) is 1.49. The molecule has 0 saturated carbocycles. The molecule has 2 aromatic carbocycles. The van der Waals surface area contributed by atoms with Gasteiger partial charge in [0.1, 0.15) is 18.0 Å². The topological polar surface area (TPSA) is 40.8 Å². The first-order valence-corrected chi connectivity index (χ1v) is 9.53. The van der Waals surface area contributed by atoms with Crippen molar-refractivity contribution in [2.24, 2.45) is 0 Å². The fraction of sp³-hybridized carbons (Fsp3) is 0.250. The number of rotatable bonds is 8. The standard InChI is InChI=1S/C24H24O4/c1-3-8-19(9-4-1)16-25-18-23-24(28-17-20-10-5-2-6-11-20)21(13-15-27-23)22-12-7-14-26-22/h1-15,21,23-24H,16-18H2/t21-,23-,24+/m1/s1. The molecule has 0 saturated heterocycles. The maximum atomic E-state index is 6.30. The molecule has 0 N–H and O–H groups in total. The highest BCUT2D eigenvalue weighted by molar-refractivity contribution is 5.19. The number of furan rings is 1. The molecule has 4 heteroatoms. The van der Waals surface area contributed by atoms with Crippen molar-refractivity contribution in [3.05, 3.63) is 108 Å². The molecule has 144 valence electrons. The minimum atomic E-state index is -0.215. The number of benzene rings is 2. The molecule has 0 aliphatic carbocycles. The van der Waals surface area contributed by atoms with Crippen LogP contribution in [0.1, 0.15) is 22.8 Å². The van der Waals surface area contributed by atoms with Gasteiger partial charge in [0.15, 0.2) is 0 Å². The van der Waals surface area contributed by atoms with E-state index < -0.39 is 0 Å². The van der Waals surface area contributed by atoms with Crippen molar-refractivity contribution < 1.29 is 18.6 Å². The zero-order chi connectivity index (χ0) is 19.0. The van der Waals surface area contributed by atoms with E-state index in [-0.39, 0.29) is 18.1 Å². The zero-order valence-electron chi connectivity index (χ0n) is 15.6. The summed E-state index contributed by atoms with van der Waals surface area (Å²) in [5, 5.41) is 0. The summed E-state index contributed by atoms with van der Waals surface area (Å²) < 4.78 is 23.8. The van der Waals surface area contributed by atoms with E-state index in [9.17, 15) is 0 Å². The summed E-state index contributed by atoms with van der Waals surface area (Å²) in [6, 6.07) is 24.1. The van der Waals surface area contributed by atoms with Crippen LogP contribution in [-0.2, 0) is 27.4 Å². The highest BCUT2D eigenvalue weighted by atomic mass is 16.6. The van der Waals surface area contributed by atoms with Crippen molar-refractivity contribution in [1.82, 2.24) is 0 Å². The summed E-state index contributed by atoms with van der Waals surface area (Å²) in [7, 11) is 0. The molecule has 1 aliphatic heterocycles. The average molecular weight is 376 g/mol. The molecule has 2 heterocycles. The second-order valence-electron chi connectivity index (χ2n) is 6.81. The van der Waals surface area contributed by atoms with Gasteiger partial charge in [0.05, 0.1) is 38.3 Å². The van der Waals surface area contributed by atoms with E-state index in [1.807, 2.05) is 54.6 Å². The summed E-state index contributed by atoms with van der Waals surface area (Å²) in [4.78, 5) is 0. The van der Waals surface area contributed by atoms with Crippen LogP contribution < -0.4 is 0 Å². The van der Waals surface area contributed by atoms with Gasteiger partial charge in [-0.15, -0.1) is 0 Å².